The van der Waals surface area contributed by atoms with E-state index >= 15 is 0 Å². The maximum absolute atomic E-state index is 5.81. The van der Waals surface area contributed by atoms with Crippen LogP contribution in [0.15, 0.2) is 0 Å². The van der Waals surface area contributed by atoms with Gasteiger partial charge in [-0.25, -0.2) is 0 Å². The molecule has 1 fully saturated rings. The van der Waals surface area contributed by atoms with E-state index in [1.807, 2.05) is 0 Å². The van der Waals surface area contributed by atoms with Crippen molar-refractivity contribution in [2.75, 3.05) is 0 Å². The summed E-state index contributed by atoms with van der Waals surface area (Å²) in [6.45, 7) is 8.48. The smallest absolute Gasteiger partial charge is 0.360 e. The van der Waals surface area contributed by atoms with Gasteiger partial charge in [0.05, 0.1) is 0 Å². The van der Waals surface area contributed by atoms with Gasteiger partial charge in [-0.1, -0.05) is 0 Å². The average Bonchev–Trinajstić information content (AvgIpc) is 1.81. The minimum atomic E-state index is -1.37. The Hall–Kier alpha value is 0.531. The van der Waals surface area contributed by atoms with Gasteiger partial charge in [-0.05, 0) is 32.6 Å². The zero-order chi connectivity index (χ0) is 9.14. The Balaban J connectivity index is 2.45. The molecule has 71 valence electrons. The largest absolute Gasteiger partial charge is 0.438 e. The van der Waals surface area contributed by atoms with Gasteiger partial charge in [-0.3, -0.25) is 0 Å². The normalized spacial score (nSPS) is 40.5. The molecule has 1 rings (SSSR count). The van der Waals surface area contributed by atoms with Crippen LogP contribution in [-0.2, 0) is 12.7 Å². The molecule has 0 aliphatic carbocycles. The molecule has 1 aliphatic rings. The molecule has 1 radical (unpaired) electrons. The SMILES string of the molecule is CC1C[SiH](C)O[Si](C)O[SiH](C)O1. The first-order valence-electron chi connectivity index (χ1n) is 4.40. The lowest BCUT2D eigenvalue weighted by Gasteiger charge is -2.28. The van der Waals surface area contributed by atoms with E-state index in [4.69, 9.17) is 12.7 Å². The second-order valence-corrected chi connectivity index (χ2v) is 9.66. The van der Waals surface area contributed by atoms with Crippen molar-refractivity contribution in [1.29, 1.82) is 0 Å². The Bertz CT molecular complexity index is 106. The molecule has 1 aliphatic heterocycles. The van der Waals surface area contributed by atoms with Gasteiger partial charge < -0.3 is 12.7 Å². The molecule has 3 nitrogen and oxygen atoms in total. The van der Waals surface area contributed by atoms with Gasteiger partial charge in [0.2, 0.25) is 0 Å². The van der Waals surface area contributed by atoms with E-state index in [9.17, 15) is 0 Å². The van der Waals surface area contributed by atoms with Crippen LogP contribution in [0.5, 0.6) is 0 Å². The lowest BCUT2D eigenvalue weighted by Crippen LogP contribution is -2.40. The Labute approximate surface area is 79.4 Å². The highest BCUT2D eigenvalue weighted by atomic mass is 28.4. The van der Waals surface area contributed by atoms with Crippen LogP contribution >= 0.6 is 0 Å². The van der Waals surface area contributed by atoms with Crippen LogP contribution < -0.4 is 0 Å². The second-order valence-electron chi connectivity index (χ2n) is 3.29. The number of hydrogen-bond donors (Lipinski definition) is 0. The van der Waals surface area contributed by atoms with Crippen LogP contribution in [0.2, 0.25) is 25.7 Å². The van der Waals surface area contributed by atoms with Crippen molar-refractivity contribution in [3.63, 3.8) is 0 Å². The fourth-order valence-corrected chi connectivity index (χ4v) is 8.97. The fourth-order valence-electron chi connectivity index (χ4n) is 1.47. The molecule has 0 spiro atoms. The van der Waals surface area contributed by atoms with Crippen LogP contribution in [0.4, 0.5) is 0 Å². The molecule has 0 N–H and O–H groups in total. The molecular weight excluding hydrogens is 204 g/mol. The van der Waals surface area contributed by atoms with Crippen molar-refractivity contribution < 1.29 is 12.7 Å². The predicted octanol–water partition coefficient (Wildman–Crippen LogP) is 0.760. The van der Waals surface area contributed by atoms with E-state index in [-0.39, 0.29) is 0 Å². The van der Waals surface area contributed by atoms with Gasteiger partial charge >= 0.3 is 18.6 Å². The summed E-state index contributed by atoms with van der Waals surface area (Å²) in [5.74, 6) is 0. The Morgan fingerprint density at radius 1 is 1.33 bits per heavy atom. The van der Waals surface area contributed by atoms with Crippen LogP contribution in [0.1, 0.15) is 6.92 Å². The first kappa shape index (κ1) is 10.6. The highest BCUT2D eigenvalue weighted by molar-refractivity contribution is 6.66. The standard InChI is InChI=1S/C6H17O3Si3/c1-6-5-10(2)8-12(4)9-11(3)7-6/h6,10-11H,5H2,1-4H3. The van der Waals surface area contributed by atoms with Crippen molar-refractivity contribution in [2.24, 2.45) is 0 Å². The van der Waals surface area contributed by atoms with E-state index in [0.717, 1.165) is 6.04 Å². The minimum Gasteiger partial charge on any atom is -0.438 e. The van der Waals surface area contributed by atoms with Crippen LogP contribution in [0.25, 0.3) is 0 Å². The molecule has 0 saturated carbocycles. The highest BCUT2D eigenvalue weighted by Crippen LogP contribution is 2.12. The van der Waals surface area contributed by atoms with Crippen molar-refractivity contribution in [1.82, 2.24) is 0 Å². The lowest BCUT2D eigenvalue weighted by molar-refractivity contribution is 0.188. The predicted molar refractivity (Wildman–Crippen MR) is 55.2 cm³/mol. The number of rotatable bonds is 0. The molecule has 0 aromatic carbocycles. The van der Waals surface area contributed by atoms with E-state index in [1.54, 1.807) is 0 Å². The van der Waals surface area contributed by atoms with Crippen molar-refractivity contribution in [2.45, 2.75) is 38.7 Å². The zero-order valence-electron chi connectivity index (χ0n) is 8.16. The maximum Gasteiger partial charge on any atom is 0.360 e. The molecule has 0 bridgehead atoms. The molecular formula is C6H17O3Si3. The van der Waals surface area contributed by atoms with Gasteiger partial charge in [0.25, 0.3) is 0 Å². The summed E-state index contributed by atoms with van der Waals surface area (Å²) in [7, 11) is -3.34. The quantitative estimate of drug-likeness (QED) is 0.565. The molecule has 6 heteroatoms. The van der Waals surface area contributed by atoms with E-state index in [0.29, 0.717) is 6.10 Å². The van der Waals surface area contributed by atoms with Crippen LogP contribution in [-0.4, -0.2) is 33.7 Å². The molecule has 0 aromatic rings. The second kappa shape index (κ2) is 4.68. The van der Waals surface area contributed by atoms with Crippen LogP contribution in [0.3, 0.4) is 0 Å². The highest BCUT2D eigenvalue weighted by Gasteiger charge is 2.25. The minimum absolute atomic E-state index is 0.350. The first-order chi connectivity index (χ1) is 5.58. The molecule has 3 unspecified atom stereocenters. The summed E-state index contributed by atoms with van der Waals surface area (Å²) in [5, 5.41) is 0. The van der Waals surface area contributed by atoms with Crippen molar-refractivity contribution in [3.05, 3.63) is 0 Å². The van der Waals surface area contributed by atoms with Crippen molar-refractivity contribution >= 4 is 27.6 Å². The van der Waals surface area contributed by atoms with E-state index in [1.165, 1.54) is 0 Å². The zero-order valence-corrected chi connectivity index (χ0v) is 11.5. The topological polar surface area (TPSA) is 27.7 Å². The summed E-state index contributed by atoms with van der Waals surface area (Å²) in [6.07, 6.45) is 0.350. The van der Waals surface area contributed by atoms with E-state index < -0.39 is 27.6 Å². The van der Waals surface area contributed by atoms with Crippen LogP contribution in [0, 0.1) is 0 Å². The van der Waals surface area contributed by atoms with Crippen molar-refractivity contribution in [3.8, 4) is 0 Å². The molecule has 1 heterocycles. The molecule has 0 amide bonds. The Morgan fingerprint density at radius 3 is 2.67 bits per heavy atom. The summed E-state index contributed by atoms with van der Waals surface area (Å²) >= 11 is 0. The molecule has 1 saturated heterocycles. The fraction of sp³-hybridized carbons (Fsp3) is 1.00. The van der Waals surface area contributed by atoms with Gasteiger partial charge in [-0.2, -0.15) is 0 Å². The first-order valence-corrected chi connectivity index (χ1v) is 10.8. The third-order valence-corrected chi connectivity index (χ3v) is 9.56. The maximum atomic E-state index is 5.81. The molecule has 0 aromatic heterocycles. The molecule has 12 heavy (non-hydrogen) atoms. The summed E-state index contributed by atoms with van der Waals surface area (Å²) in [6, 6.07) is 1.13. The summed E-state index contributed by atoms with van der Waals surface area (Å²) < 4.78 is 17.2. The Kier molecular flexibility index (Phi) is 4.14. The van der Waals surface area contributed by atoms with Gasteiger partial charge in [0.1, 0.15) is 0 Å². The molecule has 3 atom stereocenters. The van der Waals surface area contributed by atoms with Gasteiger partial charge in [-0.15, -0.1) is 0 Å². The Morgan fingerprint density at radius 2 is 2.00 bits per heavy atom. The third kappa shape index (κ3) is 3.50. The summed E-state index contributed by atoms with van der Waals surface area (Å²) in [5.41, 5.74) is 0. The monoisotopic (exact) mass is 221 g/mol. The summed E-state index contributed by atoms with van der Waals surface area (Å²) in [4.78, 5) is 0. The lowest BCUT2D eigenvalue weighted by atomic mass is 10.5. The van der Waals surface area contributed by atoms with Gasteiger partial charge in [0, 0.05) is 6.10 Å². The van der Waals surface area contributed by atoms with Gasteiger partial charge in [0.15, 0.2) is 9.04 Å². The van der Waals surface area contributed by atoms with E-state index in [2.05, 4.69) is 26.6 Å². The number of hydrogen-bond acceptors (Lipinski definition) is 3. The third-order valence-electron chi connectivity index (χ3n) is 1.79. The average molecular weight is 221 g/mol.